The number of benzene rings is 1. The first-order chi connectivity index (χ1) is 6.13. The van der Waals surface area contributed by atoms with E-state index in [1.807, 2.05) is 19.1 Å². The van der Waals surface area contributed by atoms with Crippen LogP contribution in [-0.2, 0) is 4.79 Å². The van der Waals surface area contributed by atoms with Crippen molar-refractivity contribution in [2.45, 2.75) is 6.92 Å². The topological polar surface area (TPSA) is 29.1 Å². The van der Waals surface area contributed by atoms with Gasteiger partial charge in [0.15, 0.2) is 0 Å². The smallest absolute Gasteiger partial charge is 0.235 e. The number of amides is 1. The van der Waals surface area contributed by atoms with Crippen LogP contribution in [0.1, 0.15) is 5.56 Å². The normalized spacial score (nSPS) is 9.77. The molecule has 0 spiro atoms. The molecule has 0 aliphatic carbocycles. The van der Waals surface area contributed by atoms with Crippen molar-refractivity contribution >= 4 is 39.1 Å². The van der Waals surface area contributed by atoms with Gasteiger partial charge in [-0.1, -0.05) is 33.6 Å². The third-order valence-electron chi connectivity index (χ3n) is 1.58. The Morgan fingerprint density at radius 3 is 2.85 bits per heavy atom. The van der Waals surface area contributed by atoms with E-state index in [1.165, 1.54) is 0 Å². The Balaban J connectivity index is 2.79. The summed E-state index contributed by atoms with van der Waals surface area (Å²) in [6.45, 7) is 1.92. The molecule has 70 valence electrons. The van der Waals surface area contributed by atoms with Crippen LogP contribution in [0.3, 0.4) is 0 Å². The van der Waals surface area contributed by atoms with Crippen LogP contribution in [0.2, 0.25) is 5.02 Å². The molecule has 1 rings (SSSR count). The molecular weight excluding hydrogens is 253 g/mol. The Morgan fingerprint density at radius 1 is 1.62 bits per heavy atom. The van der Waals surface area contributed by atoms with Crippen molar-refractivity contribution < 1.29 is 4.79 Å². The first-order valence-corrected chi connectivity index (χ1v) is 5.25. The highest BCUT2D eigenvalue weighted by Gasteiger charge is 2.01. The van der Waals surface area contributed by atoms with Gasteiger partial charge in [-0.2, -0.15) is 0 Å². The first kappa shape index (κ1) is 10.5. The Hall–Kier alpha value is -0.540. The number of hydrogen-bond donors (Lipinski definition) is 1. The lowest BCUT2D eigenvalue weighted by molar-refractivity contribution is -0.113. The van der Waals surface area contributed by atoms with E-state index in [0.29, 0.717) is 10.4 Å². The monoisotopic (exact) mass is 261 g/mol. The number of carbonyl (C=O) groups is 1. The molecule has 0 unspecified atom stereocenters. The average Bonchev–Trinajstić information content (AvgIpc) is 2.11. The van der Waals surface area contributed by atoms with Crippen LogP contribution in [0.15, 0.2) is 18.2 Å². The largest absolute Gasteiger partial charge is 0.325 e. The number of anilines is 1. The minimum Gasteiger partial charge on any atom is -0.325 e. The molecule has 0 aliphatic heterocycles. The van der Waals surface area contributed by atoms with Crippen LogP contribution >= 0.6 is 27.5 Å². The van der Waals surface area contributed by atoms with E-state index in [1.54, 1.807) is 6.07 Å². The zero-order chi connectivity index (χ0) is 9.84. The zero-order valence-electron chi connectivity index (χ0n) is 7.10. The number of hydrogen-bond acceptors (Lipinski definition) is 1. The fourth-order valence-electron chi connectivity index (χ4n) is 0.865. The number of nitrogens with one attached hydrogen (secondary N) is 1. The van der Waals surface area contributed by atoms with Gasteiger partial charge in [-0.05, 0) is 24.6 Å². The molecule has 1 amide bonds. The van der Waals surface area contributed by atoms with Crippen molar-refractivity contribution in [3.05, 3.63) is 28.8 Å². The minimum atomic E-state index is -0.0834. The molecular formula is C9H9BrClNO. The summed E-state index contributed by atoms with van der Waals surface area (Å²) in [5, 5.41) is 3.64. The van der Waals surface area contributed by atoms with E-state index in [0.717, 1.165) is 11.3 Å². The average molecular weight is 263 g/mol. The van der Waals surface area contributed by atoms with Crippen LogP contribution in [0.5, 0.6) is 0 Å². The van der Waals surface area contributed by atoms with Crippen LogP contribution in [0, 0.1) is 6.92 Å². The lowest BCUT2D eigenvalue weighted by atomic mass is 10.2. The highest BCUT2D eigenvalue weighted by molar-refractivity contribution is 9.09. The van der Waals surface area contributed by atoms with E-state index in [9.17, 15) is 4.79 Å². The maximum Gasteiger partial charge on any atom is 0.235 e. The second-order valence-corrected chi connectivity index (χ2v) is 3.61. The van der Waals surface area contributed by atoms with E-state index in [-0.39, 0.29) is 5.91 Å². The van der Waals surface area contributed by atoms with Crippen molar-refractivity contribution in [1.29, 1.82) is 0 Å². The van der Waals surface area contributed by atoms with Gasteiger partial charge in [0, 0.05) is 10.7 Å². The number of halogens is 2. The van der Waals surface area contributed by atoms with Gasteiger partial charge >= 0.3 is 0 Å². The molecule has 1 N–H and O–H groups in total. The standard InChI is InChI=1S/C9H9BrClNO/c1-6-2-3-7(4-8(6)11)12-9(13)5-10/h2-4H,5H2,1H3,(H,12,13). The second kappa shape index (κ2) is 4.63. The van der Waals surface area contributed by atoms with Gasteiger partial charge in [0.05, 0.1) is 5.33 Å². The van der Waals surface area contributed by atoms with Crippen molar-refractivity contribution in [3.8, 4) is 0 Å². The van der Waals surface area contributed by atoms with Gasteiger partial charge in [0.2, 0.25) is 5.91 Å². The maximum absolute atomic E-state index is 11.0. The molecule has 0 fully saturated rings. The molecule has 1 aromatic carbocycles. The zero-order valence-corrected chi connectivity index (χ0v) is 9.45. The molecule has 0 saturated heterocycles. The maximum atomic E-state index is 11.0. The number of rotatable bonds is 2. The lowest BCUT2D eigenvalue weighted by Crippen LogP contribution is -2.12. The van der Waals surface area contributed by atoms with Crippen LogP contribution < -0.4 is 5.32 Å². The van der Waals surface area contributed by atoms with Crippen LogP contribution in [0.25, 0.3) is 0 Å². The fraction of sp³-hybridized carbons (Fsp3) is 0.222. The third kappa shape index (κ3) is 3.01. The summed E-state index contributed by atoms with van der Waals surface area (Å²) in [4.78, 5) is 11.0. The molecule has 0 atom stereocenters. The van der Waals surface area contributed by atoms with Crippen molar-refractivity contribution in [3.63, 3.8) is 0 Å². The highest BCUT2D eigenvalue weighted by atomic mass is 79.9. The molecule has 0 aromatic heterocycles. The summed E-state index contributed by atoms with van der Waals surface area (Å²) in [6, 6.07) is 5.42. The Morgan fingerprint density at radius 2 is 2.31 bits per heavy atom. The Kier molecular flexibility index (Phi) is 3.75. The molecule has 0 bridgehead atoms. The van der Waals surface area contributed by atoms with Crippen LogP contribution in [0.4, 0.5) is 5.69 Å². The van der Waals surface area contributed by atoms with E-state index in [4.69, 9.17) is 11.6 Å². The molecule has 0 saturated carbocycles. The summed E-state index contributed by atoms with van der Waals surface area (Å²) < 4.78 is 0. The number of alkyl halides is 1. The Bertz CT molecular complexity index is 327. The third-order valence-corrected chi connectivity index (χ3v) is 2.49. The van der Waals surface area contributed by atoms with Crippen molar-refractivity contribution in [2.24, 2.45) is 0 Å². The molecule has 2 nitrogen and oxygen atoms in total. The van der Waals surface area contributed by atoms with Gasteiger partial charge in [-0.3, -0.25) is 4.79 Å². The summed E-state index contributed by atoms with van der Waals surface area (Å²) in [5.74, 6) is -0.0834. The van der Waals surface area contributed by atoms with E-state index < -0.39 is 0 Å². The first-order valence-electron chi connectivity index (χ1n) is 3.75. The summed E-state index contributed by atoms with van der Waals surface area (Å²) >= 11 is 8.94. The second-order valence-electron chi connectivity index (χ2n) is 2.65. The van der Waals surface area contributed by atoms with Gasteiger partial charge in [0.25, 0.3) is 0 Å². The highest BCUT2D eigenvalue weighted by Crippen LogP contribution is 2.19. The van der Waals surface area contributed by atoms with E-state index >= 15 is 0 Å². The molecule has 0 radical (unpaired) electrons. The molecule has 0 aliphatic rings. The SMILES string of the molecule is Cc1ccc(NC(=O)CBr)cc1Cl. The van der Waals surface area contributed by atoms with Gasteiger partial charge in [0.1, 0.15) is 0 Å². The minimum absolute atomic E-state index is 0.0834. The van der Waals surface area contributed by atoms with Crippen LogP contribution in [-0.4, -0.2) is 11.2 Å². The number of aryl methyl sites for hydroxylation is 1. The summed E-state index contributed by atoms with van der Waals surface area (Å²) in [6.07, 6.45) is 0. The van der Waals surface area contributed by atoms with Crippen molar-refractivity contribution in [2.75, 3.05) is 10.6 Å². The molecule has 4 heteroatoms. The van der Waals surface area contributed by atoms with Gasteiger partial charge in [-0.15, -0.1) is 0 Å². The quantitative estimate of drug-likeness (QED) is 0.816. The number of carbonyl (C=O) groups excluding carboxylic acids is 1. The van der Waals surface area contributed by atoms with Gasteiger partial charge < -0.3 is 5.32 Å². The molecule has 13 heavy (non-hydrogen) atoms. The predicted octanol–water partition coefficient (Wildman–Crippen LogP) is 2.98. The summed E-state index contributed by atoms with van der Waals surface area (Å²) in [5.41, 5.74) is 1.72. The van der Waals surface area contributed by atoms with E-state index in [2.05, 4.69) is 21.2 Å². The fourth-order valence-corrected chi connectivity index (χ4v) is 1.19. The summed E-state index contributed by atoms with van der Waals surface area (Å²) in [7, 11) is 0. The molecule has 0 heterocycles. The van der Waals surface area contributed by atoms with Gasteiger partial charge in [-0.25, -0.2) is 0 Å². The predicted molar refractivity (Wildman–Crippen MR) is 58.6 cm³/mol. The molecule has 1 aromatic rings. The Labute approximate surface area is 90.4 Å². The lowest BCUT2D eigenvalue weighted by Gasteiger charge is -2.04. The van der Waals surface area contributed by atoms with Crippen molar-refractivity contribution in [1.82, 2.24) is 0 Å².